The maximum absolute atomic E-state index is 13.1. The monoisotopic (exact) mass is 512 g/mol. The Bertz CT molecular complexity index is 1350. The van der Waals surface area contributed by atoms with Crippen LogP contribution in [0.5, 0.6) is 5.88 Å². The van der Waals surface area contributed by atoms with Gasteiger partial charge in [0.2, 0.25) is 11.8 Å². The normalized spacial score (nSPS) is 12.4. The van der Waals surface area contributed by atoms with Crippen molar-refractivity contribution in [2.24, 2.45) is 11.7 Å². The Hall–Kier alpha value is -3.50. The van der Waals surface area contributed by atoms with E-state index in [1.807, 2.05) is 39.0 Å². The van der Waals surface area contributed by atoms with Crippen molar-refractivity contribution >= 4 is 21.9 Å². The van der Waals surface area contributed by atoms with Crippen molar-refractivity contribution in [3.63, 3.8) is 0 Å². The summed E-state index contributed by atoms with van der Waals surface area (Å²) in [6, 6.07) is 10.7. The summed E-state index contributed by atoms with van der Waals surface area (Å²) in [5.41, 5.74) is 10.0. The molecule has 3 rings (SSSR count). The van der Waals surface area contributed by atoms with Crippen molar-refractivity contribution in [2.75, 3.05) is 11.3 Å². The van der Waals surface area contributed by atoms with E-state index in [1.165, 1.54) is 18.2 Å². The topological polar surface area (TPSA) is 144 Å². The van der Waals surface area contributed by atoms with Gasteiger partial charge < -0.3 is 15.6 Å². The van der Waals surface area contributed by atoms with Crippen LogP contribution in [-0.2, 0) is 10.0 Å². The Labute approximate surface area is 211 Å². The molecule has 1 heterocycles. The molecule has 9 nitrogen and oxygen atoms in total. The molecular formula is C26H32N4O5S. The number of benzene rings is 2. The third-order valence-electron chi connectivity index (χ3n) is 5.64. The molecule has 0 radical (unpaired) electrons. The van der Waals surface area contributed by atoms with Gasteiger partial charge in [-0.3, -0.25) is 0 Å². The number of nitrogens with one attached hydrogen (secondary N) is 1. The minimum absolute atomic E-state index is 0.151. The summed E-state index contributed by atoms with van der Waals surface area (Å²) in [5.74, 6) is -0.807. The smallest absolute Gasteiger partial charge is 0.335 e. The fourth-order valence-corrected chi connectivity index (χ4v) is 4.94. The quantitative estimate of drug-likeness (QED) is 0.364. The zero-order chi connectivity index (χ0) is 26.6. The number of ether oxygens (including phenoxy) is 1. The molecule has 192 valence electrons. The molecular weight excluding hydrogens is 480 g/mol. The van der Waals surface area contributed by atoms with Gasteiger partial charge in [-0.2, -0.15) is 4.98 Å². The molecule has 0 saturated heterocycles. The number of hydrogen-bond acceptors (Lipinski definition) is 7. The van der Waals surface area contributed by atoms with Crippen LogP contribution < -0.4 is 15.2 Å². The maximum atomic E-state index is 13.1. The first-order valence-electron chi connectivity index (χ1n) is 11.6. The number of nitrogens with zero attached hydrogens (tertiary/aromatic N) is 2. The highest BCUT2D eigenvalue weighted by Gasteiger charge is 2.22. The number of carboxylic acids is 1. The highest BCUT2D eigenvalue weighted by atomic mass is 32.2. The first kappa shape index (κ1) is 27.1. The van der Waals surface area contributed by atoms with E-state index in [-0.39, 0.29) is 34.9 Å². The number of aromatic nitrogens is 2. The fourth-order valence-electron chi connectivity index (χ4n) is 3.95. The lowest BCUT2D eigenvalue weighted by Gasteiger charge is -2.19. The first-order valence-corrected chi connectivity index (χ1v) is 13.1. The van der Waals surface area contributed by atoms with Crippen LogP contribution in [-0.4, -0.2) is 42.1 Å². The van der Waals surface area contributed by atoms with Gasteiger partial charge in [-0.1, -0.05) is 38.1 Å². The number of rotatable bonds is 10. The second kappa shape index (κ2) is 11.0. The predicted octanol–water partition coefficient (Wildman–Crippen LogP) is 4.32. The molecule has 0 unspecified atom stereocenters. The van der Waals surface area contributed by atoms with Crippen LogP contribution in [0, 0.1) is 26.7 Å². The first-order chi connectivity index (χ1) is 16.9. The van der Waals surface area contributed by atoms with Gasteiger partial charge in [0.25, 0.3) is 10.0 Å². The van der Waals surface area contributed by atoms with Crippen molar-refractivity contribution < 1.29 is 23.1 Å². The molecule has 0 fully saturated rings. The molecule has 0 bridgehead atoms. The average molecular weight is 513 g/mol. The number of aromatic carboxylic acids is 1. The highest BCUT2D eigenvalue weighted by molar-refractivity contribution is 7.92. The van der Waals surface area contributed by atoms with Gasteiger partial charge in [-0.25, -0.2) is 22.9 Å². The second-order valence-electron chi connectivity index (χ2n) is 9.23. The van der Waals surface area contributed by atoms with Crippen molar-refractivity contribution in [1.82, 2.24) is 9.97 Å². The summed E-state index contributed by atoms with van der Waals surface area (Å²) in [4.78, 5) is 20.0. The standard InChI is InChI=1S/C26H32N4O5S/c1-15(2)12-20(27)14-35-24-18(5)23(22-16(3)8-6-9-17(22)4)28-26(29-24)30-36(33,34)21-11-7-10-19(13-21)25(31)32/h6-11,13,15,20H,12,14,27H2,1-5H3,(H,31,32)(H,28,29,30)/t20-/m1/s1. The van der Waals surface area contributed by atoms with Gasteiger partial charge in [-0.15, -0.1) is 0 Å². The third kappa shape index (κ3) is 6.38. The van der Waals surface area contributed by atoms with E-state index < -0.39 is 16.0 Å². The summed E-state index contributed by atoms with van der Waals surface area (Å²) in [5, 5.41) is 9.24. The Balaban J connectivity index is 2.07. The fraction of sp³-hybridized carbons (Fsp3) is 0.346. The molecule has 0 saturated carbocycles. The van der Waals surface area contributed by atoms with Crippen LogP contribution in [0.2, 0.25) is 0 Å². The molecule has 36 heavy (non-hydrogen) atoms. The molecule has 4 N–H and O–H groups in total. The average Bonchev–Trinajstić information content (AvgIpc) is 2.79. The lowest BCUT2D eigenvalue weighted by Crippen LogP contribution is -2.29. The van der Waals surface area contributed by atoms with Crippen molar-refractivity contribution in [3.8, 4) is 17.1 Å². The van der Waals surface area contributed by atoms with E-state index in [4.69, 9.17) is 10.5 Å². The van der Waals surface area contributed by atoms with Crippen molar-refractivity contribution in [1.29, 1.82) is 0 Å². The Morgan fingerprint density at radius 2 is 1.72 bits per heavy atom. The lowest BCUT2D eigenvalue weighted by molar-refractivity contribution is 0.0696. The van der Waals surface area contributed by atoms with Gasteiger partial charge in [-0.05, 0) is 62.4 Å². The molecule has 0 amide bonds. The van der Waals surface area contributed by atoms with Crippen molar-refractivity contribution in [3.05, 3.63) is 64.7 Å². The highest BCUT2D eigenvalue weighted by Crippen LogP contribution is 2.33. The molecule has 0 aliphatic heterocycles. The molecule has 1 atom stereocenters. The Morgan fingerprint density at radius 3 is 2.33 bits per heavy atom. The SMILES string of the molecule is Cc1cccc(C)c1-c1nc(NS(=O)(=O)c2cccc(C(=O)O)c2)nc(OC[C@H](N)CC(C)C)c1C. The number of anilines is 1. The van der Waals surface area contributed by atoms with Crippen LogP contribution in [0.3, 0.4) is 0 Å². The van der Waals surface area contributed by atoms with Gasteiger partial charge in [0, 0.05) is 17.2 Å². The summed E-state index contributed by atoms with van der Waals surface area (Å²) in [6.45, 7) is 10.1. The second-order valence-corrected chi connectivity index (χ2v) is 10.9. The molecule has 0 spiro atoms. The van der Waals surface area contributed by atoms with Gasteiger partial charge in [0.1, 0.15) is 6.61 Å². The molecule has 2 aromatic carbocycles. The largest absolute Gasteiger partial charge is 0.478 e. The zero-order valence-electron chi connectivity index (χ0n) is 21.1. The van der Waals surface area contributed by atoms with E-state index in [1.54, 1.807) is 0 Å². The van der Waals surface area contributed by atoms with E-state index in [0.717, 1.165) is 29.2 Å². The third-order valence-corrected chi connectivity index (χ3v) is 6.97. The zero-order valence-corrected chi connectivity index (χ0v) is 21.9. The van der Waals surface area contributed by atoms with Crippen LogP contribution >= 0.6 is 0 Å². The van der Waals surface area contributed by atoms with E-state index in [2.05, 4.69) is 28.5 Å². The summed E-state index contributed by atoms with van der Waals surface area (Å²) >= 11 is 0. The number of carbonyl (C=O) groups is 1. The Kier molecular flexibility index (Phi) is 8.31. The van der Waals surface area contributed by atoms with Crippen LogP contribution in [0.4, 0.5) is 5.95 Å². The summed E-state index contributed by atoms with van der Waals surface area (Å²) in [7, 11) is -4.18. The van der Waals surface area contributed by atoms with E-state index in [0.29, 0.717) is 17.2 Å². The number of nitrogens with two attached hydrogens (primary N) is 1. The number of carboxylic acid groups (broad SMARTS) is 1. The minimum Gasteiger partial charge on any atom is -0.478 e. The molecule has 0 aliphatic rings. The number of hydrogen-bond donors (Lipinski definition) is 3. The summed E-state index contributed by atoms with van der Waals surface area (Å²) < 4.78 is 34.5. The van der Waals surface area contributed by atoms with Crippen molar-refractivity contribution in [2.45, 2.75) is 52.0 Å². The van der Waals surface area contributed by atoms with Crippen LogP contribution in [0.25, 0.3) is 11.3 Å². The number of aryl methyl sites for hydroxylation is 2. The van der Waals surface area contributed by atoms with Gasteiger partial charge in [0.15, 0.2) is 0 Å². The van der Waals surface area contributed by atoms with Gasteiger partial charge >= 0.3 is 5.97 Å². The minimum atomic E-state index is -4.18. The molecule has 0 aliphatic carbocycles. The Morgan fingerprint density at radius 1 is 1.08 bits per heavy atom. The van der Waals surface area contributed by atoms with E-state index in [9.17, 15) is 18.3 Å². The lowest BCUT2D eigenvalue weighted by atomic mass is 9.97. The molecule has 1 aromatic heterocycles. The van der Waals surface area contributed by atoms with E-state index >= 15 is 0 Å². The molecule has 10 heteroatoms. The molecule has 3 aromatic rings. The number of sulfonamides is 1. The van der Waals surface area contributed by atoms with Gasteiger partial charge in [0.05, 0.1) is 16.2 Å². The summed E-state index contributed by atoms with van der Waals surface area (Å²) in [6.07, 6.45) is 0.757. The predicted molar refractivity (Wildman–Crippen MR) is 139 cm³/mol. The van der Waals surface area contributed by atoms with Crippen LogP contribution in [0.1, 0.15) is 47.3 Å². The maximum Gasteiger partial charge on any atom is 0.335 e. The van der Waals surface area contributed by atoms with Crippen LogP contribution in [0.15, 0.2) is 47.4 Å².